The lowest BCUT2D eigenvalue weighted by Gasteiger charge is -2.23. The van der Waals surface area contributed by atoms with Crippen LogP contribution < -0.4 is 11.1 Å². The maximum atomic E-state index is 11.7. The largest absolute Gasteiger partial charge is 0.382 e. The lowest BCUT2D eigenvalue weighted by atomic mass is 10.0. The van der Waals surface area contributed by atoms with E-state index in [0.717, 1.165) is 19.4 Å². The Hall–Kier alpha value is -1.69. The maximum absolute atomic E-state index is 11.7. The van der Waals surface area contributed by atoms with Crippen LogP contribution >= 0.6 is 0 Å². The van der Waals surface area contributed by atoms with Crippen LogP contribution in [0.4, 0.5) is 5.82 Å². The van der Waals surface area contributed by atoms with Crippen molar-refractivity contribution in [2.24, 2.45) is 0 Å². The predicted octanol–water partition coefficient (Wildman–Crippen LogP) is 0.358. The van der Waals surface area contributed by atoms with Gasteiger partial charge in [-0.3, -0.25) is 4.79 Å². The van der Waals surface area contributed by atoms with E-state index >= 15 is 0 Å². The Morgan fingerprint density at radius 3 is 3.00 bits per heavy atom. The smallest absolute Gasteiger partial charge is 0.271 e. The molecule has 6 nitrogen and oxygen atoms in total. The van der Waals surface area contributed by atoms with E-state index in [1.54, 1.807) is 12.1 Å². The number of carbonyl (C=O) groups excluding carboxylic acids is 1. The second kappa shape index (κ2) is 4.67. The van der Waals surface area contributed by atoms with Gasteiger partial charge in [0.1, 0.15) is 5.82 Å². The summed E-state index contributed by atoms with van der Waals surface area (Å²) in [5, 5.41) is 10.1. The van der Waals surface area contributed by atoms with E-state index in [1.165, 1.54) is 0 Å². The van der Waals surface area contributed by atoms with Gasteiger partial charge in [-0.2, -0.15) is 0 Å². The van der Waals surface area contributed by atoms with Gasteiger partial charge in [0.15, 0.2) is 5.69 Å². The number of aromatic nitrogens is 2. The van der Waals surface area contributed by atoms with Gasteiger partial charge >= 0.3 is 0 Å². The minimum Gasteiger partial charge on any atom is -0.382 e. The Morgan fingerprint density at radius 1 is 1.59 bits per heavy atom. The third-order valence-electron chi connectivity index (χ3n) is 2.84. The van der Waals surface area contributed by atoms with Gasteiger partial charge < -0.3 is 15.8 Å². The first-order chi connectivity index (χ1) is 8.09. The number of amides is 1. The van der Waals surface area contributed by atoms with Gasteiger partial charge in [-0.05, 0) is 31.9 Å². The van der Waals surface area contributed by atoms with E-state index in [1.807, 2.05) is 6.92 Å². The highest BCUT2D eigenvalue weighted by atomic mass is 16.5. The molecule has 0 bridgehead atoms. The van der Waals surface area contributed by atoms with Crippen LogP contribution in [0, 0.1) is 0 Å². The summed E-state index contributed by atoms with van der Waals surface area (Å²) in [6.07, 6.45) is 1.99. The number of hydrogen-bond acceptors (Lipinski definition) is 5. The van der Waals surface area contributed by atoms with Crippen molar-refractivity contribution in [2.45, 2.75) is 25.4 Å². The van der Waals surface area contributed by atoms with Crippen LogP contribution in [-0.4, -0.2) is 34.9 Å². The Balaban J connectivity index is 1.91. The molecule has 2 heterocycles. The van der Waals surface area contributed by atoms with Crippen LogP contribution in [0.25, 0.3) is 0 Å². The molecule has 0 saturated carbocycles. The van der Waals surface area contributed by atoms with Crippen LogP contribution in [-0.2, 0) is 4.74 Å². The van der Waals surface area contributed by atoms with E-state index in [0.29, 0.717) is 12.4 Å². The lowest BCUT2D eigenvalue weighted by molar-refractivity contribution is 0.0205. The number of carbonyl (C=O) groups is 1. The highest BCUT2D eigenvalue weighted by Gasteiger charge is 2.30. The average Bonchev–Trinajstić information content (AvgIpc) is 2.75. The maximum Gasteiger partial charge on any atom is 0.271 e. The van der Waals surface area contributed by atoms with Crippen LogP contribution in [0.1, 0.15) is 30.3 Å². The quantitative estimate of drug-likeness (QED) is 0.790. The Labute approximate surface area is 99.6 Å². The summed E-state index contributed by atoms with van der Waals surface area (Å²) in [6.45, 7) is 3.24. The molecular weight excluding hydrogens is 220 g/mol. The fourth-order valence-electron chi connectivity index (χ4n) is 1.80. The highest BCUT2D eigenvalue weighted by molar-refractivity contribution is 5.92. The molecule has 0 radical (unpaired) electrons. The third kappa shape index (κ3) is 2.91. The molecule has 92 valence electrons. The molecule has 0 aromatic carbocycles. The summed E-state index contributed by atoms with van der Waals surface area (Å²) in [5.41, 5.74) is 5.41. The molecule has 1 aliphatic rings. The van der Waals surface area contributed by atoms with E-state index in [-0.39, 0.29) is 17.2 Å². The summed E-state index contributed by atoms with van der Waals surface area (Å²) in [5.74, 6) is 0.0434. The molecule has 1 unspecified atom stereocenters. The van der Waals surface area contributed by atoms with Gasteiger partial charge in [0.2, 0.25) is 0 Å². The number of nitrogen functional groups attached to an aromatic ring is 1. The van der Waals surface area contributed by atoms with Crippen molar-refractivity contribution in [2.75, 3.05) is 18.9 Å². The lowest BCUT2D eigenvalue weighted by Crippen LogP contribution is -2.40. The first-order valence-corrected chi connectivity index (χ1v) is 5.60. The number of anilines is 1. The van der Waals surface area contributed by atoms with Crippen molar-refractivity contribution in [1.29, 1.82) is 0 Å². The van der Waals surface area contributed by atoms with Crippen molar-refractivity contribution in [3.63, 3.8) is 0 Å². The molecule has 1 fully saturated rings. The van der Waals surface area contributed by atoms with Gasteiger partial charge in [-0.25, -0.2) is 0 Å². The Bertz CT molecular complexity index is 398. The molecule has 1 aromatic rings. The first kappa shape index (κ1) is 11.8. The van der Waals surface area contributed by atoms with E-state index in [4.69, 9.17) is 10.5 Å². The minimum atomic E-state index is -0.255. The molecule has 2 rings (SSSR count). The fourth-order valence-corrected chi connectivity index (χ4v) is 1.80. The number of ether oxygens (including phenoxy) is 1. The number of nitrogens with one attached hydrogen (secondary N) is 1. The Kier molecular flexibility index (Phi) is 3.23. The number of hydrogen-bond donors (Lipinski definition) is 2. The summed E-state index contributed by atoms with van der Waals surface area (Å²) >= 11 is 0. The van der Waals surface area contributed by atoms with Crippen LogP contribution in [0.5, 0.6) is 0 Å². The topological polar surface area (TPSA) is 90.1 Å². The molecular formula is C11H16N4O2. The zero-order valence-corrected chi connectivity index (χ0v) is 9.77. The molecule has 1 atom stereocenters. The Morgan fingerprint density at radius 2 is 2.41 bits per heavy atom. The van der Waals surface area contributed by atoms with Crippen molar-refractivity contribution in [1.82, 2.24) is 15.5 Å². The molecule has 1 aliphatic heterocycles. The normalized spacial score (nSPS) is 23.6. The SMILES string of the molecule is CC1(CNC(=O)c2ccc(N)nn2)CCCO1. The molecule has 1 saturated heterocycles. The third-order valence-corrected chi connectivity index (χ3v) is 2.84. The van der Waals surface area contributed by atoms with Crippen LogP contribution in [0.3, 0.4) is 0 Å². The van der Waals surface area contributed by atoms with Crippen molar-refractivity contribution in [3.05, 3.63) is 17.8 Å². The van der Waals surface area contributed by atoms with Crippen LogP contribution in [0.2, 0.25) is 0 Å². The molecule has 6 heteroatoms. The number of nitrogens with two attached hydrogens (primary N) is 1. The van der Waals surface area contributed by atoms with Gasteiger partial charge in [-0.1, -0.05) is 0 Å². The van der Waals surface area contributed by atoms with Crippen molar-refractivity contribution >= 4 is 11.7 Å². The molecule has 0 spiro atoms. The summed E-state index contributed by atoms with van der Waals surface area (Å²) < 4.78 is 5.58. The van der Waals surface area contributed by atoms with E-state index < -0.39 is 0 Å². The summed E-state index contributed by atoms with van der Waals surface area (Å²) in [6, 6.07) is 3.10. The van der Waals surface area contributed by atoms with E-state index in [2.05, 4.69) is 15.5 Å². The zero-order chi connectivity index (χ0) is 12.3. The molecule has 17 heavy (non-hydrogen) atoms. The monoisotopic (exact) mass is 236 g/mol. The van der Waals surface area contributed by atoms with E-state index in [9.17, 15) is 4.79 Å². The van der Waals surface area contributed by atoms with Gasteiger partial charge in [0.25, 0.3) is 5.91 Å². The minimum absolute atomic E-state index is 0.253. The van der Waals surface area contributed by atoms with Crippen molar-refractivity contribution < 1.29 is 9.53 Å². The van der Waals surface area contributed by atoms with Gasteiger partial charge in [0.05, 0.1) is 5.60 Å². The molecule has 1 aromatic heterocycles. The standard InChI is InChI=1S/C11H16N4O2/c1-11(5-2-6-17-11)7-13-10(16)8-3-4-9(12)15-14-8/h3-4H,2,5-7H2,1H3,(H2,12,15)(H,13,16). The predicted molar refractivity (Wildman–Crippen MR) is 62.4 cm³/mol. The molecule has 3 N–H and O–H groups in total. The second-order valence-corrected chi connectivity index (χ2v) is 4.43. The fraction of sp³-hybridized carbons (Fsp3) is 0.545. The number of rotatable bonds is 3. The molecule has 1 amide bonds. The first-order valence-electron chi connectivity index (χ1n) is 5.60. The zero-order valence-electron chi connectivity index (χ0n) is 9.77. The molecule has 0 aliphatic carbocycles. The highest BCUT2D eigenvalue weighted by Crippen LogP contribution is 2.23. The second-order valence-electron chi connectivity index (χ2n) is 4.43. The van der Waals surface area contributed by atoms with Crippen molar-refractivity contribution in [3.8, 4) is 0 Å². The number of nitrogens with zero attached hydrogens (tertiary/aromatic N) is 2. The average molecular weight is 236 g/mol. The van der Waals surface area contributed by atoms with Gasteiger partial charge in [0, 0.05) is 13.2 Å². The van der Waals surface area contributed by atoms with Gasteiger partial charge in [-0.15, -0.1) is 10.2 Å². The summed E-state index contributed by atoms with van der Waals surface area (Å²) in [7, 11) is 0. The summed E-state index contributed by atoms with van der Waals surface area (Å²) in [4.78, 5) is 11.7. The van der Waals surface area contributed by atoms with Crippen LogP contribution in [0.15, 0.2) is 12.1 Å².